The zero-order valence-corrected chi connectivity index (χ0v) is 15.0. The van der Waals surface area contributed by atoms with Crippen molar-refractivity contribution in [3.8, 4) is 5.75 Å². The highest BCUT2D eigenvalue weighted by Crippen LogP contribution is 2.34. The van der Waals surface area contributed by atoms with Crippen molar-refractivity contribution in [3.05, 3.63) is 57.1 Å². The van der Waals surface area contributed by atoms with Crippen LogP contribution in [0, 0.1) is 0 Å². The lowest BCUT2D eigenvalue weighted by molar-refractivity contribution is 0.102. The van der Waals surface area contributed by atoms with Gasteiger partial charge in [-0.05, 0) is 48.9 Å². The van der Waals surface area contributed by atoms with Crippen molar-refractivity contribution in [1.29, 1.82) is 0 Å². The largest absolute Gasteiger partial charge is 0.494 e. The first kappa shape index (κ1) is 17.1. The number of halogens is 2. The third-order valence-corrected chi connectivity index (χ3v) is 4.69. The number of likely N-dealkylation sites (N-methyl/N-ethyl adjacent to an activating group) is 1. The van der Waals surface area contributed by atoms with Crippen molar-refractivity contribution in [2.45, 2.75) is 13.0 Å². The summed E-state index contributed by atoms with van der Waals surface area (Å²) in [6.45, 7) is 1.95. The number of methoxy groups -OCH3 is 1. The van der Waals surface area contributed by atoms with E-state index in [1.54, 1.807) is 12.1 Å². The fourth-order valence-corrected chi connectivity index (χ4v) is 3.51. The molecule has 1 amide bonds. The van der Waals surface area contributed by atoms with Gasteiger partial charge in [0.2, 0.25) is 0 Å². The molecule has 0 unspecified atom stereocenters. The molecule has 0 bridgehead atoms. The molecule has 0 atom stereocenters. The third-order valence-electron chi connectivity index (χ3n) is 4.13. The first-order valence-corrected chi connectivity index (χ1v) is 8.38. The number of nitrogens with zero attached hydrogens (tertiary/aromatic N) is 1. The summed E-state index contributed by atoms with van der Waals surface area (Å²) in [6, 6.07) is 9.12. The van der Waals surface area contributed by atoms with Crippen LogP contribution in [0.15, 0.2) is 30.3 Å². The highest BCUT2D eigenvalue weighted by atomic mass is 35.5. The standard InChI is InChI=1S/C18H18Cl2N2O2/c1-22-6-5-11-3-4-14(7-13(11)10-22)21-18(23)12-8-15(19)17(24-2)16(20)9-12/h3-4,7-9H,5-6,10H2,1-2H3,(H,21,23). The van der Waals surface area contributed by atoms with Gasteiger partial charge in [0.05, 0.1) is 17.2 Å². The molecule has 0 fully saturated rings. The number of anilines is 1. The van der Waals surface area contributed by atoms with Crippen LogP contribution >= 0.6 is 23.2 Å². The molecule has 2 aromatic rings. The Hall–Kier alpha value is -1.75. The molecule has 1 aliphatic heterocycles. The second-order valence-electron chi connectivity index (χ2n) is 5.90. The number of hydrogen-bond donors (Lipinski definition) is 1. The van der Waals surface area contributed by atoms with Gasteiger partial charge in [-0.1, -0.05) is 29.3 Å². The third kappa shape index (κ3) is 3.51. The maximum atomic E-state index is 12.5. The summed E-state index contributed by atoms with van der Waals surface area (Å²) in [6.07, 6.45) is 1.03. The zero-order valence-electron chi connectivity index (χ0n) is 13.5. The van der Waals surface area contributed by atoms with Crippen LogP contribution in [-0.2, 0) is 13.0 Å². The second-order valence-corrected chi connectivity index (χ2v) is 6.71. The average molecular weight is 365 g/mol. The van der Waals surface area contributed by atoms with E-state index in [0.717, 1.165) is 25.2 Å². The summed E-state index contributed by atoms with van der Waals surface area (Å²) in [4.78, 5) is 14.7. The number of rotatable bonds is 3. The number of carbonyl (C=O) groups excluding carboxylic acids is 1. The van der Waals surface area contributed by atoms with Gasteiger partial charge in [0.1, 0.15) is 0 Å². The lowest BCUT2D eigenvalue weighted by Gasteiger charge is -2.25. The first-order chi connectivity index (χ1) is 11.5. The van der Waals surface area contributed by atoms with Crippen molar-refractivity contribution in [3.63, 3.8) is 0 Å². The van der Waals surface area contributed by atoms with Crippen molar-refractivity contribution < 1.29 is 9.53 Å². The monoisotopic (exact) mass is 364 g/mol. The first-order valence-electron chi connectivity index (χ1n) is 7.62. The van der Waals surface area contributed by atoms with Crippen molar-refractivity contribution >= 4 is 34.8 Å². The van der Waals surface area contributed by atoms with E-state index < -0.39 is 0 Å². The van der Waals surface area contributed by atoms with Crippen LogP contribution < -0.4 is 10.1 Å². The molecule has 1 heterocycles. The molecule has 1 aliphatic rings. The Morgan fingerprint density at radius 2 is 1.88 bits per heavy atom. The quantitative estimate of drug-likeness (QED) is 0.885. The molecule has 0 saturated carbocycles. The molecular formula is C18H18Cl2N2O2. The number of fused-ring (bicyclic) bond motifs is 1. The van der Waals surface area contributed by atoms with E-state index in [4.69, 9.17) is 27.9 Å². The van der Waals surface area contributed by atoms with E-state index in [2.05, 4.69) is 23.3 Å². The summed E-state index contributed by atoms with van der Waals surface area (Å²) < 4.78 is 5.10. The van der Waals surface area contributed by atoms with E-state index in [1.165, 1.54) is 18.2 Å². The van der Waals surface area contributed by atoms with Gasteiger partial charge in [-0.3, -0.25) is 4.79 Å². The summed E-state index contributed by atoms with van der Waals surface area (Å²) >= 11 is 12.2. The van der Waals surface area contributed by atoms with Crippen LogP contribution in [0.5, 0.6) is 5.75 Å². The molecule has 0 saturated heterocycles. The minimum absolute atomic E-state index is 0.259. The topological polar surface area (TPSA) is 41.6 Å². The summed E-state index contributed by atoms with van der Waals surface area (Å²) in [5, 5.41) is 3.51. The van der Waals surface area contributed by atoms with E-state index in [0.29, 0.717) is 21.4 Å². The average Bonchev–Trinajstić information content (AvgIpc) is 2.54. The number of benzene rings is 2. The van der Waals surface area contributed by atoms with Crippen LogP contribution in [0.25, 0.3) is 0 Å². The SMILES string of the molecule is COc1c(Cl)cc(C(=O)Nc2ccc3c(c2)CN(C)CC3)cc1Cl. The summed E-state index contributed by atoms with van der Waals surface area (Å²) in [7, 11) is 3.58. The molecule has 6 heteroatoms. The van der Waals surface area contributed by atoms with Crippen LogP contribution in [0.4, 0.5) is 5.69 Å². The number of ether oxygens (including phenoxy) is 1. The van der Waals surface area contributed by atoms with Crippen LogP contribution in [-0.4, -0.2) is 31.5 Å². The molecular weight excluding hydrogens is 347 g/mol. The van der Waals surface area contributed by atoms with Gasteiger partial charge in [0, 0.05) is 24.3 Å². The lowest BCUT2D eigenvalue weighted by atomic mass is 9.99. The minimum atomic E-state index is -0.259. The van der Waals surface area contributed by atoms with Gasteiger partial charge in [-0.2, -0.15) is 0 Å². The highest BCUT2D eigenvalue weighted by molar-refractivity contribution is 6.37. The molecule has 126 valence electrons. The fraction of sp³-hybridized carbons (Fsp3) is 0.278. The normalized spacial score (nSPS) is 14.2. The molecule has 0 spiro atoms. The predicted octanol–water partition coefficient (Wildman–Crippen LogP) is 4.24. The number of amides is 1. The van der Waals surface area contributed by atoms with Crippen molar-refractivity contribution in [1.82, 2.24) is 4.90 Å². The Labute approximate surface area is 151 Å². The smallest absolute Gasteiger partial charge is 0.255 e. The molecule has 0 radical (unpaired) electrons. The van der Waals surface area contributed by atoms with Crippen LogP contribution in [0.1, 0.15) is 21.5 Å². The summed E-state index contributed by atoms with van der Waals surface area (Å²) in [5.41, 5.74) is 3.73. The van der Waals surface area contributed by atoms with E-state index >= 15 is 0 Å². The predicted molar refractivity (Wildman–Crippen MR) is 97.4 cm³/mol. The molecule has 1 N–H and O–H groups in total. The molecule has 24 heavy (non-hydrogen) atoms. The number of hydrogen-bond acceptors (Lipinski definition) is 3. The van der Waals surface area contributed by atoms with Gasteiger partial charge in [-0.15, -0.1) is 0 Å². The summed E-state index contributed by atoms with van der Waals surface area (Å²) in [5.74, 6) is 0.109. The zero-order chi connectivity index (χ0) is 17.3. The van der Waals surface area contributed by atoms with Gasteiger partial charge in [0.25, 0.3) is 5.91 Å². The molecule has 3 rings (SSSR count). The lowest BCUT2D eigenvalue weighted by Crippen LogP contribution is -2.26. The maximum Gasteiger partial charge on any atom is 0.255 e. The highest BCUT2D eigenvalue weighted by Gasteiger charge is 2.16. The Bertz CT molecular complexity index is 770. The number of carbonyl (C=O) groups is 1. The molecule has 2 aromatic carbocycles. The van der Waals surface area contributed by atoms with E-state index in [9.17, 15) is 4.79 Å². The Balaban J connectivity index is 1.81. The minimum Gasteiger partial charge on any atom is -0.494 e. The Morgan fingerprint density at radius 1 is 1.17 bits per heavy atom. The van der Waals surface area contributed by atoms with Crippen molar-refractivity contribution in [2.24, 2.45) is 0 Å². The fourth-order valence-electron chi connectivity index (χ4n) is 2.87. The van der Waals surface area contributed by atoms with E-state index in [-0.39, 0.29) is 5.91 Å². The maximum absolute atomic E-state index is 12.5. The van der Waals surface area contributed by atoms with Crippen LogP contribution in [0.2, 0.25) is 10.0 Å². The van der Waals surface area contributed by atoms with Crippen LogP contribution in [0.3, 0.4) is 0 Å². The van der Waals surface area contributed by atoms with Gasteiger partial charge < -0.3 is 15.0 Å². The molecule has 0 aromatic heterocycles. The molecule has 0 aliphatic carbocycles. The van der Waals surface area contributed by atoms with Gasteiger partial charge in [0.15, 0.2) is 5.75 Å². The van der Waals surface area contributed by atoms with Crippen molar-refractivity contribution in [2.75, 3.05) is 26.0 Å². The Morgan fingerprint density at radius 3 is 2.54 bits per heavy atom. The van der Waals surface area contributed by atoms with Gasteiger partial charge >= 0.3 is 0 Å². The second kappa shape index (κ2) is 7.01. The van der Waals surface area contributed by atoms with E-state index in [1.807, 2.05) is 12.1 Å². The molecule has 4 nitrogen and oxygen atoms in total. The Kier molecular flexibility index (Phi) is 4.99. The number of nitrogens with one attached hydrogen (secondary N) is 1. The van der Waals surface area contributed by atoms with Gasteiger partial charge in [-0.25, -0.2) is 0 Å².